The molecular formula is C30H41F2N7O2. The molecule has 11 heteroatoms. The highest BCUT2D eigenvalue weighted by Gasteiger charge is 2.27. The van der Waals surface area contributed by atoms with Crippen molar-refractivity contribution in [3.8, 4) is 5.82 Å². The van der Waals surface area contributed by atoms with Crippen LogP contribution in [-0.4, -0.2) is 81.0 Å². The number of aliphatic hydroxyl groups excluding tert-OH is 1. The number of para-hydroxylation sites is 2. The lowest BCUT2D eigenvalue weighted by Crippen LogP contribution is -2.44. The lowest BCUT2D eigenvalue weighted by Gasteiger charge is -2.36. The number of alkyl halides is 2. The predicted octanol–water partition coefficient (Wildman–Crippen LogP) is 5.73. The summed E-state index contributed by atoms with van der Waals surface area (Å²) in [6.07, 6.45) is 2.78. The largest absolute Gasteiger partial charge is 0.516 e. The molecule has 1 saturated heterocycles. The van der Waals surface area contributed by atoms with Crippen molar-refractivity contribution >= 4 is 22.8 Å². The van der Waals surface area contributed by atoms with Crippen LogP contribution < -0.4 is 10.2 Å². The van der Waals surface area contributed by atoms with Crippen LogP contribution in [0.3, 0.4) is 0 Å². The SMILES string of the molecule is CCN(C/C(C)=C/O)[C@H]1CC[C@H](CNc2nc(N3CCOC[C@H]3C)cc(-n3c(C(F)F)nc4ccccc43)n2)CC1. The van der Waals surface area contributed by atoms with E-state index in [0.29, 0.717) is 66.9 Å². The van der Waals surface area contributed by atoms with E-state index >= 15 is 0 Å². The summed E-state index contributed by atoms with van der Waals surface area (Å²) in [6.45, 7) is 10.4. The Morgan fingerprint density at radius 2 is 1.93 bits per heavy atom. The minimum Gasteiger partial charge on any atom is -0.516 e. The third-order valence-corrected chi connectivity index (χ3v) is 8.33. The summed E-state index contributed by atoms with van der Waals surface area (Å²) in [5, 5.41) is 12.8. The van der Waals surface area contributed by atoms with E-state index in [4.69, 9.17) is 14.7 Å². The number of aliphatic hydroxyl groups is 1. The van der Waals surface area contributed by atoms with Crippen LogP contribution in [0.2, 0.25) is 0 Å². The number of imidazole rings is 1. The van der Waals surface area contributed by atoms with Gasteiger partial charge < -0.3 is 20.1 Å². The number of halogens is 2. The minimum absolute atomic E-state index is 0.0922. The summed E-state index contributed by atoms with van der Waals surface area (Å²) in [4.78, 5) is 18.4. The van der Waals surface area contributed by atoms with Gasteiger partial charge in [-0.15, -0.1) is 0 Å². The first-order valence-electron chi connectivity index (χ1n) is 14.6. The van der Waals surface area contributed by atoms with Crippen molar-refractivity contribution in [2.24, 2.45) is 5.92 Å². The van der Waals surface area contributed by atoms with Crippen LogP contribution in [0.15, 0.2) is 42.2 Å². The maximum absolute atomic E-state index is 14.2. The molecule has 9 nitrogen and oxygen atoms in total. The maximum Gasteiger partial charge on any atom is 0.296 e. The number of aromatic nitrogens is 4. The predicted molar refractivity (Wildman–Crippen MR) is 157 cm³/mol. The molecule has 3 aromatic rings. The Bertz CT molecular complexity index is 1340. The van der Waals surface area contributed by atoms with Crippen molar-refractivity contribution in [3.63, 3.8) is 0 Å². The number of nitrogens with one attached hydrogen (secondary N) is 1. The van der Waals surface area contributed by atoms with E-state index in [2.05, 4.69) is 33.9 Å². The Morgan fingerprint density at radius 1 is 1.17 bits per heavy atom. The molecule has 5 rings (SSSR count). The fourth-order valence-electron chi connectivity index (χ4n) is 6.07. The van der Waals surface area contributed by atoms with E-state index in [0.717, 1.165) is 44.3 Å². The number of benzene rings is 1. The summed E-state index contributed by atoms with van der Waals surface area (Å²) in [7, 11) is 0. The Balaban J connectivity index is 1.38. The zero-order valence-electron chi connectivity index (χ0n) is 24.1. The van der Waals surface area contributed by atoms with Crippen LogP contribution >= 0.6 is 0 Å². The highest BCUT2D eigenvalue weighted by Crippen LogP contribution is 2.31. The van der Waals surface area contributed by atoms with Crippen LogP contribution in [0.4, 0.5) is 20.5 Å². The van der Waals surface area contributed by atoms with E-state index in [1.54, 1.807) is 24.3 Å². The standard InChI is InChI=1S/C30H41F2N7O2/c1-4-37(17-20(2)18-40)23-11-9-22(10-12-23)16-33-30-35-26(38-13-14-41-19-21(38)3)15-27(36-30)39-25-8-6-5-7-24(25)34-29(39)28(31)32/h5-8,15,18,21-23,28,40H,4,9-14,16-17,19H2,1-3H3,(H,33,35,36)/b20-18+/t21-,22-,23-/m1/s1. The van der Waals surface area contributed by atoms with Crippen molar-refractivity contribution < 1.29 is 18.6 Å². The van der Waals surface area contributed by atoms with Gasteiger partial charge in [0.15, 0.2) is 5.82 Å². The van der Waals surface area contributed by atoms with Gasteiger partial charge in [0.2, 0.25) is 5.95 Å². The smallest absolute Gasteiger partial charge is 0.296 e. The fourth-order valence-corrected chi connectivity index (χ4v) is 6.07. The molecule has 0 bridgehead atoms. The molecule has 1 aromatic carbocycles. The normalized spacial score (nSPS) is 22.2. The number of hydrogen-bond donors (Lipinski definition) is 2. The number of anilines is 2. The Kier molecular flexibility index (Phi) is 9.34. The van der Waals surface area contributed by atoms with E-state index in [9.17, 15) is 13.9 Å². The molecular weight excluding hydrogens is 528 g/mol. The molecule has 0 unspecified atom stereocenters. The van der Waals surface area contributed by atoms with E-state index < -0.39 is 6.43 Å². The number of rotatable bonds is 10. The van der Waals surface area contributed by atoms with Crippen molar-refractivity contribution in [1.29, 1.82) is 0 Å². The van der Waals surface area contributed by atoms with Crippen LogP contribution in [0.5, 0.6) is 0 Å². The van der Waals surface area contributed by atoms with E-state index in [-0.39, 0.29) is 11.9 Å². The molecule has 41 heavy (non-hydrogen) atoms. The van der Waals surface area contributed by atoms with Gasteiger partial charge in [-0.2, -0.15) is 9.97 Å². The molecule has 2 N–H and O–H groups in total. The lowest BCUT2D eigenvalue weighted by molar-refractivity contribution is 0.0985. The van der Waals surface area contributed by atoms with Crippen molar-refractivity contribution in [2.45, 2.75) is 65.0 Å². The van der Waals surface area contributed by atoms with Gasteiger partial charge in [-0.1, -0.05) is 19.1 Å². The number of morpholine rings is 1. The summed E-state index contributed by atoms with van der Waals surface area (Å²) >= 11 is 0. The lowest BCUT2D eigenvalue weighted by atomic mass is 9.85. The van der Waals surface area contributed by atoms with Crippen molar-refractivity contribution in [1.82, 2.24) is 24.4 Å². The van der Waals surface area contributed by atoms with Crippen molar-refractivity contribution in [3.05, 3.63) is 48.0 Å². The molecule has 1 atom stereocenters. The first-order valence-corrected chi connectivity index (χ1v) is 14.6. The Morgan fingerprint density at radius 3 is 2.63 bits per heavy atom. The van der Waals surface area contributed by atoms with Gasteiger partial charge in [0, 0.05) is 31.7 Å². The molecule has 0 amide bonds. The zero-order valence-corrected chi connectivity index (χ0v) is 24.1. The van der Waals surface area contributed by atoms with E-state index in [1.165, 1.54) is 10.8 Å². The topological polar surface area (TPSA) is 91.6 Å². The minimum atomic E-state index is -2.76. The molecule has 0 spiro atoms. The first kappa shape index (κ1) is 29.2. The van der Waals surface area contributed by atoms with Gasteiger partial charge >= 0.3 is 0 Å². The summed E-state index contributed by atoms with van der Waals surface area (Å²) in [5.41, 5.74) is 2.05. The quantitative estimate of drug-likeness (QED) is 0.299. The molecule has 222 valence electrons. The summed E-state index contributed by atoms with van der Waals surface area (Å²) < 4.78 is 35.4. The number of likely N-dealkylation sites (N-methyl/N-ethyl adjacent to an activating group) is 1. The van der Waals surface area contributed by atoms with Gasteiger partial charge in [0.05, 0.1) is 36.6 Å². The molecule has 3 heterocycles. The van der Waals surface area contributed by atoms with Crippen LogP contribution in [0, 0.1) is 5.92 Å². The molecule has 0 radical (unpaired) electrons. The number of fused-ring (bicyclic) bond motifs is 1. The number of hydrogen-bond acceptors (Lipinski definition) is 8. The molecule has 2 aromatic heterocycles. The highest BCUT2D eigenvalue weighted by atomic mass is 19.3. The Labute approximate surface area is 240 Å². The van der Waals surface area contributed by atoms with Gasteiger partial charge in [-0.3, -0.25) is 9.47 Å². The average Bonchev–Trinajstić information content (AvgIpc) is 3.39. The molecule has 1 saturated carbocycles. The summed E-state index contributed by atoms with van der Waals surface area (Å²) in [5.74, 6) is 1.61. The third-order valence-electron chi connectivity index (χ3n) is 8.33. The molecule has 2 fully saturated rings. The van der Waals surface area contributed by atoms with Gasteiger partial charge in [0.25, 0.3) is 6.43 Å². The molecule has 2 aliphatic rings. The van der Waals surface area contributed by atoms with Crippen LogP contribution in [-0.2, 0) is 4.74 Å². The molecule has 1 aliphatic carbocycles. The first-order chi connectivity index (χ1) is 19.9. The fraction of sp³-hybridized carbons (Fsp3) is 0.567. The third kappa shape index (κ3) is 6.62. The second kappa shape index (κ2) is 13.1. The van der Waals surface area contributed by atoms with Gasteiger partial charge in [0.1, 0.15) is 11.6 Å². The maximum atomic E-state index is 14.2. The average molecular weight is 570 g/mol. The van der Waals surface area contributed by atoms with E-state index in [1.807, 2.05) is 13.0 Å². The summed E-state index contributed by atoms with van der Waals surface area (Å²) in [6, 6.07) is 9.51. The second-order valence-electron chi connectivity index (χ2n) is 11.2. The monoisotopic (exact) mass is 569 g/mol. The van der Waals surface area contributed by atoms with Crippen LogP contribution in [0.1, 0.15) is 58.7 Å². The number of nitrogens with zero attached hydrogens (tertiary/aromatic N) is 6. The zero-order chi connectivity index (χ0) is 28.9. The van der Waals surface area contributed by atoms with Crippen molar-refractivity contribution in [2.75, 3.05) is 49.6 Å². The second-order valence-corrected chi connectivity index (χ2v) is 11.2. The highest BCUT2D eigenvalue weighted by molar-refractivity contribution is 5.78. The van der Waals surface area contributed by atoms with Gasteiger partial charge in [-0.05, 0) is 69.7 Å². The Hall–Kier alpha value is -3.31. The van der Waals surface area contributed by atoms with Gasteiger partial charge in [-0.25, -0.2) is 13.8 Å². The molecule has 1 aliphatic heterocycles. The number of ether oxygens (including phenoxy) is 1. The van der Waals surface area contributed by atoms with Crippen LogP contribution in [0.25, 0.3) is 16.9 Å².